The van der Waals surface area contributed by atoms with Gasteiger partial charge in [-0.2, -0.15) is 0 Å². The van der Waals surface area contributed by atoms with Gasteiger partial charge in [0.1, 0.15) is 11.6 Å². The molecule has 2 aromatic rings. The zero-order valence-corrected chi connectivity index (χ0v) is 15.0. The van der Waals surface area contributed by atoms with Gasteiger partial charge in [0.15, 0.2) is 0 Å². The van der Waals surface area contributed by atoms with Crippen LogP contribution in [0.15, 0.2) is 48.5 Å². The SMILES string of the molecule is CC.CC.CC(C)c1ccc(F)cc1.Cc1ccccc1F. The summed E-state index contributed by atoms with van der Waals surface area (Å²) in [6, 6.07) is 13.3. The van der Waals surface area contributed by atoms with E-state index in [-0.39, 0.29) is 11.6 Å². The summed E-state index contributed by atoms with van der Waals surface area (Å²) in [5.74, 6) is 0.192. The van der Waals surface area contributed by atoms with Crippen LogP contribution in [0, 0.1) is 18.6 Å². The monoisotopic (exact) mass is 308 g/mol. The van der Waals surface area contributed by atoms with Crippen LogP contribution < -0.4 is 0 Å². The van der Waals surface area contributed by atoms with E-state index in [2.05, 4.69) is 13.8 Å². The molecule has 0 amide bonds. The normalized spacial score (nSPS) is 8.64. The minimum atomic E-state index is -0.163. The highest BCUT2D eigenvalue weighted by Gasteiger charge is 1.96. The molecule has 22 heavy (non-hydrogen) atoms. The molecule has 0 unspecified atom stereocenters. The molecule has 0 N–H and O–H groups in total. The van der Waals surface area contributed by atoms with E-state index in [4.69, 9.17) is 0 Å². The molecule has 0 spiro atoms. The lowest BCUT2D eigenvalue weighted by molar-refractivity contribution is 0.618. The highest BCUT2D eigenvalue weighted by atomic mass is 19.1. The van der Waals surface area contributed by atoms with Crippen LogP contribution in [0.1, 0.15) is 58.6 Å². The summed E-state index contributed by atoms with van der Waals surface area (Å²) in [7, 11) is 0. The van der Waals surface area contributed by atoms with Crippen molar-refractivity contribution in [2.75, 3.05) is 0 Å². The predicted octanol–water partition coefficient (Wildman–Crippen LogP) is 7.14. The van der Waals surface area contributed by atoms with Gasteiger partial charge in [-0.05, 0) is 42.2 Å². The Morgan fingerprint density at radius 2 is 1.18 bits per heavy atom. The zero-order valence-electron chi connectivity index (χ0n) is 15.0. The number of halogens is 2. The summed E-state index contributed by atoms with van der Waals surface area (Å²) in [5, 5.41) is 0. The van der Waals surface area contributed by atoms with E-state index >= 15 is 0 Å². The Labute approximate surface area is 135 Å². The molecule has 0 aliphatic rings. The summed E-state index contributed by atoms with van der Waals surface area (Å²) in [5.41, 5.74) is 1.88. The summed E-state index contributed by atoms with van der Waals surface area (Å²) in [6.45, 7) is 13.9. The van der Waals surface area contributed by atoms with Gasteiger partial charge < -0.3 is 0 Å². The van der Waals surface area contributed by atoms with Gasteiger partial charge in [-0.15, -0.1) is 0 Å². The Balaban J connectivity index is 0. The van der Waals surface area contributed by atoms with E-state index in [1.165, 1.54) is 23.8 Å². The third-order valence-corrected chi connectivity index (χ3v) is 2.61. The third-order valence-electron chi connectivity index (χ3n) is 2.61. The molecular weight excluding hydrogens is 278 g/mol. The van der Waals surface area contributed by atoms with Gasteiger partial charge in [0.05, 0.1) is 0 Å². The largest absolute Gasteiger partial charge is 0.207 e. The fraction of sp³-hybridized carbons (Fsp3) is 0.400. The first-order valence-electron chi connectivity index (χ1n) is 7.97. The molecule has 0 atom stereocenters. The average Bonchev–Trinajstić information content (AvgIpc) is 2.55. The van der Waals surface area contributed by atoms with Crippen molar-refractivity contribution < 1.29 is 8.78 Å². The quantitative estimate of drug-likeness (QED) is 0.525. The second-order valence-electron chi connectivity index (χ2n) is 4.46. The zero-order chi connectivity index (χ0) is 17.5. The van der Waals surface area contributed by atoms with Crippen LogP contribution in [0.2, 0.25) is 0 Å². The first-order valence-corrected chi connectivity index (χ1v) is 7.97. The van der Waals surface area contributed by atoms with Gasteiger partial charge >= 0.3 is 0 Å². The number of hydrogen-bond acceptors (Lipinski definition) is 0. The van der Waals surface area contributed by atoms with Crippen molar-refractivity contribution in [2.24, 2.45) is 0 Å². The smallest absolute Gasteiger partial charge is 0.126 e. The molecule has 0 aromatic heterocycles. The second-order valence-corrected chi connectivity index (χ2v) is 4.46. The Bertz CT molecular complexity index is 452. The van der Waals surface area contributed by atoms with Crippen molar-refractivity contribution in [3.8, 4) is 0 Å². The molecule has 0 nitrogen and oxygen atoms in total. The van der Waals surface area contributed by atoms with Crippen LogP contribution in [0.3, 0.4) is 0 Å². The first-order chi connectivity index (χ1) is 10.5. The molecule has 0 saturated heterocycles. The number of rotatable bonds is 1. The number of benzene rings is 2. The average molecular weight is 308 g/mol. The Morgan fingerprint density at radius 3 is 1.50 bits per heavy atom. The van der Waals surface area contributed by atoms with Gasteiger partial charge in [-0.3, -0.25) is 0 Å². The van der Waals surface area contributed by atoms with Crippen molar-refractivity contribution in [3.05, 3.63) is 71.3 Å². The van der Waals surface area contributed by atoms with E-state index in [0.717, 1.165) is 0 Å². The van der Waals surface area contributed by atoms with Crippen LogP contribution in [-0.2, 0) is 0 Å². The van der Waals surface area contributed by atoms with Crippen molar-refractivity contribution in [1.29, 1.82) is 0 Å². The van der Waals surface area contributed by atoms with E-state index in [9.17, 15) is 8.78 Å². The molecule has 2 aromatic carbocycles. The maximum Gasteiger partial charge on any atom is 0.126 e. The van der Waals surface area contributed by atoms with Crippen LogP contribution >= 0.6 is 0 Å². The predicted molar refractivity (Wildman–Crippen MR) is 94.3 cm³/mol. The van der Waals surface area contributed by atoms with Gasteiger partial charge in [-0.25, -0.2) is 8.78 Å². The van der Waals surface area contributed by atoms with Crippen LogP contribution in [0.5, 0.6) is 0 Å². The fourth-order valence-corrected chi connectivity index (χ4v) is 1.40. The second kappa shape index (κ2) is 14.2. The molecule has 0 aliphatic carbocycles. The van der Waals surface area contributed by atoms with E-state index in [1.807, 2.05) is 45.9 Å². The molecule has 0 radical (unpaired) electrons. The van der Waals surface area contributed by atoms with Crippen LogP contribution in [-0.4, -0.2) is 0 Å². The fourth-order valence-electron chi connectivity index (χ4n) is 1.40. The lowest BCUT2D eigenvalue weighted by atomic mass is 10.0. The minimum Gasteiger partial charge on any atom is -0.207 e. The summed E-state index contributed by atoms with van der Waals surface area (Å²) in [6.07, 6.45) is 0. The van der Waals surface area contributed by atoms with Gasteiger partial charge in [0.25, 0.3) is 0 Å². The number of hydrogen-bond donors (Lipinski definition) is 0. The van der Waals surface area contributed by atoms with Gasteiger partial charge in [0, 0.05) is 0 Å². The Hall–Kier alpha value is -1.70. The van der Waals surface area contributed by atoms with Crippen molar-refractivity contribution in [3.63, 3.8) is 0 Å². The lowest BCUT2D eigenvalue weighted by Crippen LogP contribution is -1.85. The van der Waals surface area contributed by atoms with Crippen molar-refractivity contribution >= 4 is 0 Å². The highest BCUT2D eigenvalue weighted by molar-refractivity contribution is 5.18. The maximum atomic E-state index is 12.4. The molecule has 2 rings (SSSR count). The summed E-state index contributed by atoms with van der Waals surface area (Å²) in [4.78, 5) is 0. The summed E-state index contributed by atoms with van der Waals surface area (Å²) < 4.78 is 24.7. The van der Waals surface area contributed by atoms with E-state index in [1.54, 1.807) is 19.1 Å². The minimum absolute atomic E-state index is 0.132. The summed E-state index contributed by atoms with van der Waals surface area (Å²) >= 11 is 0. The molecule has 124 valence electrons. The third kappa shape index (κ3) is 10.1. The molecule has 0 fully saturated rings. The molecule has 0 bridgehead atoms. The topological polar surface area (TPSA) is 0 Å². The molecule has 2 heteroatoms. The van der Waals surface area contributed by atoms with E-state index < -0.39 is 0 Å². The van der Waals surface area contributed by atoms with Crippen molar-refractivity contribution in [1.82, 2.24) is 0 Å². The molecule has 0 saturated carbocycles. The van der Waals surface area contributed by atoms with Crippen LogP contribution in [0.4, 0.5) is 8.78 Å². The molecule has 0 aliphatic heterocycles. The maximum absolute atomic E-state index is 12.4. The Kier molecular flexibility index (Phi) is 14.6. The van der Waals surface area contributed by atoms with Crippen molar-refractivity contribution in [2.45, 2.75) is 54.4 Å². The van der Waals surface area contributed by atoms with Gasteiger partial charge in [0.2, 0.25) is 0 Å². The van der Waals surface area contributed by atoms with Gasteiger partial charge in [-0.1, -0.05) is 71.9 Å². The lowest BCUT2D eigenvalue weighted by Gasteiger charge is -2.02. The highest BCUT2D eigenvalue weighted by Crippen LogP contribution is 2.13. The van der Waals surface area contributed by atoms with E-state index in [0.29, 0.717) is 11.5 Å². The first kappa shape index (κ1) is 22.6. The standard InChI is InChI=1S/C9H11F.C7H7F.2C2H6/c1-7(2)8-3-5-9(10)6-4-8;1-6-4-2-3-5-7(6)8;2*1-2/h3-7H,1-2H3;2-5H,1H3;2*1-2H3. The molecular formula is C20H30F2. The Morgan fingerprint density at radius 1 is 0.727 bits per heavy atom. The number of aryl methyl sites for hydroxylation is 1. The molecule has 0 heterocycles. The van der Waals surface area contributed by atoms with Crippen LogP contribution in [0.25, 0.3) is 0 Å².